The molecule has 0 spiro atoms. The molecule has 2 amide bonds. The van der Waals surface area contributed by atoms with Gasteiger partial charge in [-0.3, -0.25) is 14.6 Å². The van der Waals surface area contributed by atoms with Gasteiger partial charge in [0.25, 0.3) is 5.91 Å². The predicted molar refractivity (Wildman–Crippen MR) is 97.1 cm³/mol. The number of anilines is 2. The van der Waals surface area contributed by atoms with Crippen molar-refractivity contribution < 1.29 is 14.3 Å². The summed E-state index contributed by atoms with van der Waals surface area (Å²) in [6.45, 7) is 2.16. The molecule has 7 heteroatoms. The Kier molecular flexibility index (Phi) is 6.08. The van der Waals surface area contributed by atoms with Crippen LogP contribution in [0.5, 0.6) is 5.75 Å². The van der Waals surface area contributed by atoms with Crippen LogP contribution >= 0.6 is 0 Å². The van der Waals surface area contributed by atoms with Gasteiger partial charge in [-0.1, -0.05) is 6.07 Å². The van der Waals surface area contributed by atoms with E-state index in [4.69, 9.17) is 4.74 Å². The molecule has 0 aliphatic carbocycles. The van der Waals surface area contributed by atoms with Crippen molar-refractivity contribution in [2.75, 3.05) is 38.4 Å². The summed E-state index contributed by atoms with van der Waals surface area (Å²) >= 11 is 0. The van der Waals surface area contributed by atoms with Crippen LogP contribution in [0.3, 0.4) is 0 Å². The van der Waals surface area contributed by atoms with E-state index >= 15 is 0 Å². The lowest BCUT2D eigenvalue weighted by atomic mass is 10.1. The number of hydrogen-bond acceptors (Lipinski definition) is 5. The molecule has 0 saturated heterocycles. The molecule has 0 atom stereocenters. The summed E-state index contributed by atoms with van der Waals surface area (Å²) in [4.78, 5) is 30.1. The van der Waals surface area contributed by atoms with Gasteiger partial charge in [0.05, 0.1) is 13.7 Å². The van der Waals surface area contributed by atoms with Gasteiger partial charge in [-0.15, -0.1) is 0 Å². The van der Waals surface area contributed by atoms with E-state index < -0.39 is 0 Å². The summed E-state index contributed by atoms with van der Waals surface area (Å²) in [7, 11) is 5.17. The maximum Gasteiger partial charge on any atom is 0.274 e. The number of benzene rings is 1. The number of methoxy groups -OCH3 is 1. The fourth-order valence-corrected chi connectivity index (χ4v) is 2.17. The van der Waals surface area contributed by atoms with Gasteiger partial charge in [-0.05, 0) is 44.8 Å². The summed E-state index contributed by atoms with van der Waals surface area (Å²) < 4.78 is 5.10. The molecule has 25 heavy (non-hydrogen) atoms. The van der Waals surface area contributed by atoms with Crippen molar-refractivity contribution in [3.8, 4) is 5.75 Å². The van der Waals surface area contributed by atoms with E-state index in [-0.39, 0.29) is 24.1 Å². The lowest BCUT2D eigenvalue weighted by Crippen LogP contribution is -2.27. The van der Waals surface area contributed by atoms with Gasteiger partial charge >= 0.3 is 0 Å². The topological polar surface area (TPSA) is 83.6 Å². The average molecular weight is 342 g/mol. The molecule has 0 bridgehead atoms. The molecular formula is C18H22N4O3. The van der Waals surface area contributed by atoms with E-state index in [0.717, 1.165) is 5.56 Å². The Labute approximate surface area is 147 Å². The molecule has 7 nitrogen and oxygen atoms in total. The molecule has 0 aliphatic rings. The SMILES string of the molecule is COc1ccnc(C(=O)Nc2cc(NC(=O)CN(C)C)ccc2C)c1. The lowest BCUT2D eigenvalue weighted by Gasteiger charge is -2.13. The number of nitrogens with zero attached hydrogens (tertiary/aromatic N) is 2. The number of pyridine rings is 1. The molecule has 2 rings (SSSR count). The third kappa shape index (κ3) is 5.29. The minimum atomic E-state index is -0.348. The fraction of sp³-hybridized carbons (Fsp3) is 0.278. The molecule has 0 saturated carbocycles. The van der Waals surface area contributed by atoms with Gasteiger partial charge in [0.1, 0.15) is 11.4 Å². The smallest absolute Gasteiger partial charge is 0.274 e. The van der Waals surface area contributed by atoms with Crippen LogP contribution in [-0.2, 0) is 4.79 Å². The fourth-order valence-electron chi connectivity index (χ4n) is 2.17. The molecule has 1 aromatic carbocycles. The van der Waals surface area contributed by atoms with Gasteiger partial charge in [0.2, 0.25) is 5.91 Å². The van der Waals surface area contributed by atoms with Crippen LogP contribution in [0.25, 0.3) is 0 Å². The third-order valence-electron chi connectivity index (χ3n) is 3.43. The maximum absolute atomic E-state index is 12.4. The summed E-state index contributed by atoms with van der Waals surface area (Å²) in [6, 6.07) is 8.58. The van der Waals surface area contributed by atoms with Crippen LogP contribution in [0.4, 0.5) is 11.4 Å². The minimum Gasteiger partial charge on any atom is -0.497 e. The molecule has 0 radical (unpaired) electrons. The largest absolute Gasteiger partial charge is 0.497 e. The number of carbonyl (C=O) groups excluding carboxylic acids is 2. The van der Waals surface area contributed by atoms with Gasteiger partial charge in [0.15, 0.2) is 0 Å². The van der Waals surface area contributed by atoms with Crippen LogP contribution in [0, 0.1) is 6.92 Å². The predicted octanol–water partition coefficient (Wildman–Crippen LogP) is 2.15. The molecular weight excluding hydrogens is 320 g/mol. The van der Waals surface area contributed by atoms with Crippen LogP contribution in [0.15, 0.2) is 36.5 Å². The normalized spacial score (nSPS) is 10.4. The summed E-state index contributed by atoms with van der Waals surface area (Å²) in [5.74, 6) is 0.0842. The Balaban J connectivity index is 2.14. The number of hydrogen-bond donors (Lipinski definition) is 2. The zero-order valence-electron chi connectivity index (χ0n) is 14.8. The molecule has 1 aromatic heterocycles. The van der Waals surface area contributed by atoms with Gasteiger partial charge < -0.3 is 20.3 Å². The average Bonchev–Trinajstić information content (AvgIpc) is 2.57. The first-order chi connectivity index (χ1) is 11.9. The highest BCUT2D eigenvalue weighted by Crippen LogP contribution is 2.21. The molecule has 0 fully saturated rings. The van der Waals surface area contributed by atoms with Crippen molar-refractivity contribution in [1.82, 2.24) is 9.88 Å². The van der Waals surface area contributed by atoms with Crippen molar-refractivity contribution >= 4 is 23.2 Å². The van der Waals surface area contributed by atoms with Crippen molar-refractivity contribution in [2.24, 2.45) is 0 Å². The Bertz CT molecular complexity index is 775. The van der Waals surface area contributed by atoms with Crippen LogP contribution in [0.2, 0.25) is 0 Å². The van der Waals surface area contributed by atoms with Crippen molar-refractivity contribution in [2.45, 2.75) is 6.92 Å². The van der Waals surface area contributed by atoms with Crippen LogP contribution in [0.1, 0.15) is 16.1 Å². The molecule has 0 unspecified atom stereocenters. The first-order valence-electron chi connectivity index (χ1n) is 7.75. The zero-order valence-corrected chi connectivity index (χ0v) is 14.8. The first-order valence-corrected chi connectivity index (χ1v) is 7.75. The number of amides is 2. The van der Waals surface area contributed by atoms with E-state index in [0.29, 0.717) is 17.1 Å². The number of aromatic nitrogens is 1. The first kappa shape index (κ1) is 18.4. The Hall–Kier alpha value is -2.93. The monoisotopic (exact) mass is 342 g/mol. The number of nitrogens with one attached hydrogen (secondary N) is 2. The van der Waals surface area contributed by atoms with Crippen molar-refractivity contribution in [3.63, 3.8) is 0 Å². The van der Waals surface area contributed by atoms with Gasteiger partial charge in [-0.25, -0.2) is 0 Å². The Morgan fingerprint density at radius 3 is 2.60 bits per heavy atom. The third-order valence-corrected chi connectivity index (χ3v) is 3.43. The second-order valence-electron chi connectivity index (χ2n) is 5.85. The summed E-state index contributed by atoms with van der Waals surface area (Å²) in [6.07, 6.45) is 1.51. The van der Waals surface area contributed by atoms with Crippen molar-refractivity contribution in [3.05, 3.63) is 47.8 Å². The van der Waals surface area contributed by atoms with Gasteiger partial charge in [0, 0.05) is 23.6 Å². The number of ether oxygens (including phenoxy) is 1. The molecule has 1 heterocycles. The highest BCUT2D eigenvalue weighted by atomic mass is 16.5. The van der Waals surface area contributed by atoms with E-state index in [9.17, 15) is 9.59 Å². The highest BCUT2D eigenvalue weighted by molar-refractivity contribution is 6.04. The second kappa shape index (κ2) is 8.25. The Morgan fingerprint density at radius 2 is 1.92 bits per heavy atom. The lowest BCUT2D eigenvalue weighted by molar-refractivity contribution is -0.116. The standard InChI is InChI=1S/C18H22N4O3/c1-12-5-6-13(20-17(23)11-22(2)3)9-15(12)21-18(24)16-10-14(25-4)7-8-19-16/h5-10H,11H2,1-4H3,(H,20,23)(H,21,24). The number of likely N-dealkylation sites (N-methyl/N-ethyl adjacent to an activating group) is 1. The quantitative estimate of drug-likeness (QED) is 0.840. The summed E-state index contributed by atoms with van der Waals surface area (Å²) in [5, 5.41) is 5.62. The molecule has 2 N–H and O–H groups in total. The number of aryl methyl sites for hydroxylation is 1. The van der Waals surface area contributed by atoms with Crippen molar-refractivity contribution in [1.29, 1.82) is 0 Å². The van der Waals surface area contributed by atoms with E-state index in [1.807, 2.05) is 27.1 Å². The van der Waals surface area contributed by atoms with Gasteiger partial charge in [-0.2, -0.15) is 0 Å². The van der Waals surface area contributed by atoms with E-state index in [1.54, 1.807) is 29.2 Å². The van der Waals surface area contributed by atoms with E-state index in [2.05, 4.69) is 15.6 Å². The molecule has 132 valence electrons. The second-order valence-corrected chi connectivity index (χ2v) is 5.85. The highest BCUT2D eigenvalue weighted by Gasteiger charge is 2.12. The maximum atomic E-state index is 12.4. The van der Waals surface area contributed by atoms with Crippen LogP contribution in [-0.4, -0.2) is 49.4 Å². The number of carbonyl (C=O) groups is 2. The Morgan fingerprint density at radius 1 is 1.16 bits per heavy atom. The minimum absolute atomic E-state index is 0.124. The van der Waals surface area contributed by atoms with Crippen LogP contribution < -0.4 is 15.4 Å². The zero-order chi connectivity index (χ0) is 18.4. The number of rotatable bonds is 6. The van der Waals surface area contributed by atoms with E-state index in [1.165, 1.54) is 13.3 Å². The summed E-state index contributed by atoms with van der Waals surface area (Å²) in [5.41, 5.74) is 2.35. The molecule has 0 aliphatic heterocycles. The molecule has 2 aromatic rings.